The second kappa shape index (κ2) is 7.49. The first-order chi connectivity index (χ1) is 12.1. The first-order valence-corrected chi connectivity index (χ1v) is 8.46. The molecule has 1 aromatic heterocycles. The highest BCUT2D eigenvalue weighted by Crippen LogP contribution is 2.24. The molecule has 0 bridgehead atoms. The van der Waals surface area contributed by atoms with E-state index in [0.717, 1.165) is 33.8 Å². The Morgan fingerprint density at radius 3 is 2.36 bits per heavy atom. The van der Waals surface area contributed by atoms with Crippen molar-refractivity contribution in [1.82, 2.24) is 4.98 Å². The number of rotatable bonds is 5. The van der Waals surface area contributed by atoms with Crippen LogP contribution in [0.2, 0.25) is 5.02 Å². The van der Waals surface area contributed by atoms with E-state index in [9.17, 15) is 4.79 Å². The molecule has 25 heavy (non-hydrogen) atoms. The zero-order valence-electron chi connectivity index (χ0n) is 14.2. The van der Waals surface area contributed by atoms with Gasteiger partial charge in [0.15, 0.2) is 0 Å². The molecule has 0 atom stereocenters. The van der Waals surface area contributed by atoms with E-state index in [2.05, 4.69) is 24.1 Å². The molecule has 0 aliphatic rings. The molecular formula is C21H19ClN2O. The largest absolute Gasteiger partial charge is 0.366 e. The number of carbonyl (C=O) groups excluding carboxylic acids is 1. The van der Waals surface area contributed by atoms with Crippen molar-refractivity contribution in [3.63, 3.8) is 0 Å². The number of nitrogens with zero attached hydrogens (tertiary/aromatic N) is 1. The number of halogens is 1. The molecule has 0 unspecified atom stereocenters. The van der Waals surface area contributed by atoms with Gasteiger partial charge in [-0.3, -0.25) is 4.79 Å². The molecule has 3 rings (SSSR count). The Bertz CT molecular complexity index is 887. The zero-order valence-corrected chi connectivity index (χ0v) is 15.0. The summed E-state index contributed by atoms with van der Waals surface area (Å²) in [5.74, 6) is 0.797. The van der Waals surface area contributed by atoms with Crippen LogP contribution in [0.5, 0.6) is 0 Å². The summed E-state index contributed by atoms with van der Waals surface area (Å²) >= 11 is 6.31. The predicted molar refractivity (Wildman–Crippen MR) is 103 cm³/mol. The molecule has 126 valence electrons. The van der Waals surface area contributed by atoms with Gasteiger partial charge in [-0.1, -0.05) is 41.9 Å². The van der Waals surface area contributed by atoms with Crippen LogP contribution in [-0.4, -0.2) is 11.3 Å². The molecular weight excluding hydrogens is 332 g/mol. The summed E-state index contributed by atoms with van der Waals surface area (Å²) < 4.78 is 0. The minimum absolute atomic E-state index is 0.632. The van der Waals surface area contributed by atoms with Crippen molar-refractivity contribution < 1.29 is 4.79 Å². The summed E-state index contributed by atoms with van der Waals surface area (Å²) in [7, 11) is 0. The number of aldehydes is 1. The highest BCUT2D eigenvalue weighted by Gasteiger charge is 2.07. The first-order valence-electron chi connectivity index (χ1n) is 8.08. The minimum Gasteiger partial charge on any atom is -0.366 e. The van der Waals surface area contributed by atoms with E-state index < -0.39 is 0 Å². The average Bonchev–Trinajstić information content (AvgIpc) is 2.65. The van der Waals surface area contributed by atoms with Crippen molar-refractivity contribution in [2.75, 3.05) is 5.32 Å². The van der Waals surface area contributed by atoms with Crippen LogP contribution in [0.3, 0.4) is 0 Å². The van der Waals surface area contributed by atoms with Crippen molar-refractivity contribution >= 4 is 23.7 Å². The van der Waals surface area contributed by atoms with Crippen LogP contribution in [0, 0.1) is 13.8 Å². The number of aromatic nitrogens is 1. The number of hydrogen-bond donors (Lipinski definition) is 1. The Morgan fingerprint density at radius 1 is 1.00 bits per heavy atom. The van der Waals surface area contributed by atoms with E-state index in [4.69, 9.17) is 11.6 Å². The summed E-state index contributed by atoms with van der Waals surface area (Å²) in [6.45, 7) is 4.79. The molecule has 3 aromatic rings. The lowest BCUT2D eigenvalue weighted by atomic mass is 10.0. The molecule has 0 fully saturated rings. The van der Waals surface area contributed by atoms with Gasteiger partial charge >= 0.3 is 0 Å². The molecule has 1 N–H and O–H groups in total. The third-order valence-corrected chi connectivity index (χ3v) is 4.76. The molecule has 0 aliphatic heterocycles. The Labute approximate surface area is 152 Å². The molecule has 3 nitrogen and oxygen atoms in total. The van der Waals surface area contributed by atoms with E-state index in [1.807, 2.05) is 42.6 Å². The highest BCUT2D eigenvalue weighted by molar-refractivity contribution is 6.31. The van der Waals surface area contributed by atoms with Crippen molar-refractivity contribution in [2.24, 2.45) is 0 Å². The Kier molecular flexibility index (Phi) is 5.15. The number of nitrogens with one attached hydrogen (secondary N) is 1. The fourth-order valence-corrected chi connectivity index (χ4v) is 2.93. The standard InChI is InChI=1S/C21H19ClN2O/c1-14-3-9-20(22)19(15(14)2)12-24-21-10-8-18(11-23-21)17-6-4-16(13-25)5-7-17/h3-11,13H,12H2,1-2H3,(H,23,24). The van der Waals surface area contributed by atoms with Crippen molar-refractivity contribution in [3.05, 3.63) is 82.0 Å². The predicted octanol–water partition coefficient (Wildman–Crippen LogP) is 5.44. The molecule has 0 saturated heterocycles. The van der Waals surface area contributed by atoms with E-state index in [-0.39, 0.29) is 0 Å². The van der Waals surface area contributed by atoms with Crippen LogP contribution in [0.4, 0.5) is 5.82 Å². The normalized spacial score (nSPS) is 10.5. The molecule has 0 spiro atoms. The first kappa shape index (κ1) is 17.2. The maximum atomic E-state index is 10.7. The van der Waals surface area contributed by atoms with Crippen LogP contribution < -0.4 is 5.32 Å². The SMILES string of the molecule is Cc1ccc(Cl)c(CNc2ccc(-c3ccc(C=O)cc3)cn2)c1C. The third-order valence-electron chi connectivity index (χ3n) is 4.40. The van der Waals surface area contributed by atoms with E-state index in [1.165, 1.54) is 11.1 Å². The van der Waals surface area contributed by atoms with E-state index >= 15 is 0 Å². The van der Waals surface area contributed by atoms with Crippen molar-refractivity contribution in [3.8, 4) is 11.1 Å². The monoisotopic (exact) mass is 350 g/mol. The van der Waals surface area contributed by atoms with Crippen molar-refractivity contribution in [2.45, 2.75) is 20.4 Å². The van der Waals surface area contributed by atoms with E-state index in [0.29, 0.717) is 12.1 Å². The lowest BCUT2D eigenvalue weighted by Crippen LogP contribution is -2.04. The fourth-order valence-electron chi connectivity index (χ4n) is 2.66. The minimum atomic E-state index is 0.632. The number of anilines is 1. The molecule has 4 heteroatoms. The maximum absolute atomic E-state index is 10.7. The lowest BCUT2D eigenvalue weighted by Gasteiger charge is -2.13. The Balaban J connectivity index is 1.73. The van der Waals surface area contributed by atoms with Crippen LogP contribution in [-0.2, 0) is 6.54 Å². The van der Waals surface area contributed by atoms with Gasteiger partial charge in [0.25, 0.3) is 0 Å². The van der Waals surface area contributed by atoms with Gasteiger partial charge in [-0.25, -0.2) is 4.98 Å². The van der Waals surface area contributed by atoms with Crippen LogP contribution in [0.25, 0.3) is 11.1 Å². The summed E-state index contributed by atoms with van der Waals surface area (Å²) in [4.78, 5) is 15.2. The molecule has 2 aromatic carbocycles. The van der Waals surface area contributed by atoms with Gasteiger partial charge in [0.2, 0.25) is 0 Å². The van der Waals surface area contributed by atoms with Crippen LogP contribution in [0.15, 0.2) is 54.7 Å². The van der Waals surface area contributed by atoms with Gasteiger partial charge in [-0.2, -0.15) is 0 Å². The number of aryl methyl sites for hydroxylation is 1. The van der Waals surface area contributed by atoms with Crippen LogP contribution in [0.1, 0.15) is 27.0 Å². The molecule has 0 aliphatic carbocycles. The van der Waals surface area contributed by atoms with Gasteiger partial charge in [0.05, 0.1) is 0 Å². The molecule has 0 amide bonds. The van der Waals surface area contributed by atoms with Crippen LogP contribution >= 0.6 is 11.6 Å². The molecule has 0 saturated carbocycles. The fraction of sp³-hybridized carbons (Fsp3) is 0.143. The second-order valence-electron chi connectivity index (χ2n) is 5.99. The number of hydrogen-bond acceptors (Lipinski definition) is 3. The Morgan fingerprint density at radius 2 is 1.72 bits per heavy atom. The number of carbonyl (C=O) groups is 1. The number of benzene rings is 2. The third kappa shape index (κ3) is 3.89. The van der Waals surface area contributed by atoms with E-state index in [1.54, 1.807) is 12.1 Å². The molecule has 1 heterocycles. The summed E-state index contributed by atoms with van der Waals surface area (Å²) in [5, 5.41) is 4.09. The lowest BCUT2D eigenvalue weighted by molar-refractivity contribution is 0.112. The zero-order chi connectivity index (χ0) is 17.8. The topological polar surface area (TPSA) is 42.0 Å². The average molecular weight is 351 g/mol. The smallest absolute Gasteiger partial charge is 0.150 e. The molecule has 0 radical (unpaired) electrons. The number of pyridine rings is 1. The van der Waals surface area contributed by atoms with Gasteiger partial charge < -0.3 is 5.32 Å². The summed E-state index contributed by atoms with van der Waals surface area (Å²) in [5.41, 5.74) is 6.22. The van der Waals surface area contributed by atoms with Gasteiger partial charge in [0.1, 0.15) is 12.1 Å². The van der Waals surface area contributed by atoms with Gasteiger partial charge in [-0.05, 0) is 54.3 Å². The summed E-state index contributed by atoms with van der Waals surface area (Å²) in [6.07, 6.45) is 2.66. The van der Waals surface area contributed by atoms with Crippen molar-refractivity contribution in [1.29, 1.82) is 0 Å². The maximum Gasteiger partial charge on any atom is 0.150 e. The van der Waals surface area contributed by atoms with Gasteiger partial charge in [-0.15, -0.1) is 0 Å². The van der Waals surface area contributed by atoms with Gasteiger partial charge in [0, 0.05) is 28.9 Å². The quantitative estimate of drug-likeness (QED) is 0.622. The summed E-state index contributed by atoms with van der Waals surface area (Å²) in [6, 6.07) is 15.4. The Hall–Kier alpha value is -2.65. The second-order valence-corrected chi connectivity index (χ2v) is 6.40. The highest BCUT2D eigenvalue weighted by atomic mass is 35.5.